The molecule has 21 heavy (non-hydrogen) atoms. The number of nitrogens with zero attached hydrogens (tertiary/aromatic N) is 3. The third-order valence-corrected chi connectivity index (χ3v) is 3.60. The van der Waals surface area contributed by atoms with Crippen LogP contribution in [0.4, 0.5) is 0 Å². The molecule has 1 aromatic heterocycles. The molecule has 0 amide bonds. The summed E-state index contributed by atoms with van der Waals surface area (Å²) in [5.41, 5.74) is 3.05. The van der Waals surface area contributed by atoms with Gasteiger partial charge in [0.25, 0.3) is 0 Å². The first-order valence-corrected chi connectivity index (χ1v) is 7.32. The van der Waals surface area contributed by atoms with Crippen LogP contribution in [0.2, 0.25) is 0 Å². The van der Waals surface area contributed by atoms with Crippen molar-refractivity contribution >= 4 is 5.97 Å². The van der Waals surface area contributed by atoms with Gasteiger partial charge >= 0.3 is 5.97 Å². The van der Waals surface area contributed by atoms with Crippen LogP contribution in [-0.4, -0.2) is 51.6 Å². The highest BCUT2D eigenvalue weighted by molar-refractivity contribution is 5.75. The van der Waals surface area contributed by atoms with E-state index in [2.05, 4.69) is 5.10 Å². The summed E-state index contributed by atoms with van der Waals surface area (Å²) in [5, 5.41) is 13.5. The van der Waals surface area contributed by atoms with Crippen LogP contribution < -0.4 is 0 Å². The van der Waals surface area contributed by atoms with Crippen molar-refractivity contribution < 1.29 is 14.6 Å². The fraction of sp³-hybridized carbons (Fsp3) is 0.733. The molecule has 1 aromatic rings. The highest BCUT2D eigenvalue weighted by Gasteiger charge is 2.22. The van der Waals surface area contributed by atoms with Gasteiger partial charge in [0.2, 0.25) is 0 Å². The SMILES string of the molecule is Cc1nn(CCO)c(C)c1CN(C)C(C)C(=O)OC(C)C. The Labute approximate surface area is 126 Å². The van der Waals surface area contributed by atoms with Crippen molar-refractivity contribution in [2.75, 3.05) is 13.7 Å². The van der Waals surface area contributed by atoms with Crippen molar-refractivity contribution in [3.05, 3.63) is 17.0 Å². The Hall–Kier alpha value is -1.40. The van der Waals surface area contributed by atoms with E-state index in [9.17, 15) is 4.79 Å². The molecule has 1 atom stereocenters. The average Bonchev–Trinajstić information content (AvgIpc) is 2.65. The molecular formula is C15H27N3O3. The van der Waals surface area contributed by atoms with Gasteiger partial charge in [-0.25, -0.2) is 0 Å². The molecule has 0 aliphatic rings. The second kappa shape index (κ2) is 7.56. The first-order chi connectivity index (χ1) is 9.77. The molecule has 0 aliphatic carbocycles. The van der Waals surface area contributed by atoms with E-state index in [4.69, 9.17) is 9.84 Å². The van der Waals surface area contributed by atoms with E-state index in [0.29, 0.717) is 13.1 Å². The smallest absolute Gasteiger partial charge is 0.323 e. The van der Waals surface area contributed by atoms with Crippen molar-refractivity contribution in [1.82, 2.24) is 14.7 Å². The molecule has 0 spiro atoms. The minimum Gasteiger partial charge on any atom is -0.462 e. The monoisotopic (exact) mass is 297 g/mol. The summed E-state index contributed by atoms with van der Waals surface area (Å²) >= 11 is 0. The summed E-state index contributed by atoms with van der Waals surface area (Å²) < 4.78 is 7.04. The largest absolute Gasteiger partial charge is 0.462 e. The lowest BCUT2D eigenvalue weighted by atomic mass is 10.1. The minimum atomic E-state index is -0.313. The highest BCUT2D eigenvalue weighted by Crippen LogP contribution is 2.16. The van der Waals surface area contributed by atoms with Crippen molar-refractivity contribution in [3.63, 3.8) is 0 Å². The van der Waals surface area contributed by atoms with Gasteiger partial charge in [-0.15, -0.1) is 0 Å². The van der Waals surface area contributed by atoms with E-state index < -0.39 is 0 Å². The van der Waals surface area contributed by atoms with E-state index in [1.165, 1.54) is 0 Å². The maximum atomic E-state index is 11.9. The fourth-order valence-electron chi connectivity index (χ4n) is 2.17. The fourth-order valence-corrected chi connectivity index (χ4v) is 2.17. The Morgan fingerprint density at radius 1 is 1.38 bits per heavy atom. The van der Waals surface area contributed by atoms with Crippen LogP contribution in [0.15, 0.2) is 0 Å². The molecule has 1 rings (SSSR count). The summed E-state index contributed by atoms with van der Waals surface area (Å²) in [5.74, 6) is -0.217. The van der Waals surface area contributed by atoms with Crippen molar-refractivity contribution in [2.24, 2.45) is 0 Å². The Morgan fingerprint density at radius 2 is 2.00 bits per heavy atom. The number of hydrogen-bond donors (Lipinski definition) is 1. The number of aliphatic hydroxyl groups is 1. The highest BCUT2D eigenvalue weighted by atomic mass is 16.5. The second-order valence-corrected chi connectivity index (χ2v) is 5.67. The molecule has 0 saturated heterocycles. The number of esters is 1. The molecule has 1 N–H and O–H groups in total. The summed E-state index contributed by atoms with van der Waals surface area (Å²) in [6.45, 7) is 10.6. The normalized spacial score (nSPS) is 13.0. The Kier molecular flexibility index (Phi) is 6.36. The van der Waals surface area contributed by atoms with Crippen molar-refractivity contribution in [3.8, 4) is 0 Å². The molecule has 1 heterocycles. The second-order valence-electron chi connectivity index (χ2n) is 5.67. The number of ether oxygens (including phenoxy) is 1. The molecule has 0 saturated carbocycles. The van der Waals surface area contributed by atoms with Crippen molar-refractivity contribution in [2.45, 2.75) is 59.9 Å². The standard InChI is InChI=1S/C15H27N3O3/c1-10(2)21-15(20)13(5)17(6)9-14-11(3)16-18(7-8-19)12(14)4/h10,13,19H,7-9H2,1-6H3. The maximum Gasteiger partial charge on any atom is 0.323 e. The third kappa shape index (κ3) is 4.54. The lowest BCUT2D eigenvalue weighted by Crippen LogP contribution is -2.38. The molecule has 0 aliphatic heterocycles. The summed E-state index contributed by atoms with van der Waals surface area (Å²) in [4.78, 5) is 13.9. The van der Waals surface area contributed by atoms with E-state index in [0.717, 1.165) is 17.0 Å². The van der Waals surface area contributed by atoms with Gasteiger partial charge in [0.1, 0.15) is 6.04 Å². The van der Waals surface area contributed by atoms with Crippen LogP contribution in [0.25, 0.3) is 0 Å². The first kappa shape index (κ1) is 17.7. The van der Waals surface area contributed by atoms with Gasteiger partial charge in [0.05, 0.1) is 24.9 Å². The number of aromatic nitrogens is 2. The number of aryl methyl sites for hydroxylation is 1. The predicted molar refractivity (Wildman–Crippen MR) is 80.9 cm³/mol. The predicted octanol–water partition coefficient (Wildman–Crippen LogP) is 1.26. The van der Waals surface area contributed by atoms with Gasteiger partial charge in [-0.3, -0.25) is 14.4 Å². The quantitative estimate of drug-likeness (QED) is 0.768. The summed E-state index contributed by atoms with van der Waals surface area (Å²) in [7, 11) is 1.90. The van der Waals surface area contributed by atoms with Gasteiger partial charge in [0.15, 0.2) is 0 Å². The zero-order valence-electron chi connectivity index (χ0n) is 13.9. The zero-order chi connectivity index (χ0) is 16.2. The van der Waals surface area contributed by atoms with Crippen molar-refractivity contribution in [1.29, 1.82) is 0 Å². The Bertz CT molecular complexity index is 483. The Morgan fingerprint density at radius 3 is 2.52 bits per heavy atom. The number of aliphatic hydroxyl groups excluding tert-OH is 1. The molecular weight excluding hydrogens is 270 g/mol. The average molecular weight is 297 g/mol. The molecule has 0 radical (unpaired) electrons. The van der Waals surface area contributed by atoms with E-state index >= 15 is 0 Å². The molecule has 6 heteroatoms. The number of hydrogen-bond acceptors (Lipinski definition) is 5. The van der Waals surface area contributed by atoms with Crippen LogP contribution in [-0.2, 0) is 22.6 Å². The number of carbonyl (C=O) groups is 1. The third-order valence-electron chi connectivity index (χ3n) is 3.60. The Balaban J connectivity index is 2.78. The van der Waals surface area contributed by atoms with E-state index in [-0.39, 0.29) is 24.7 Å². The molecule has 6 nitrogen and oxygen atoms in total. The number of likely N-dealkylation sites (N-methyl/N-ethyl adjacent to an activating group) is 1. The summed E-state index contributed by atoms with van der Waals surface area (Å²) in [6.07, 6.45) is -0.107. The van der Waals surface area contributed by atoms with Gasteiger partial charge in [0, 0.05) is 17.8 Å². The molecule has 1 unspecified atom stereocenters. The van der Waals surface area contributed by atoms with Gasteiger partial charge in [-0.2, -0.15) is 5.10 Å². The topological polar surface area (TPSA) is 67.6 Å². The first-order valence-electron chi connectivity index (χ1n) is 7.32. The minimum absolute atomic E-state index is 0.0638. The summed E-state index contributed by atoms with van der Waals surface area (Å²) in [6, 6.07) is -0.313. The lowest BCUT2D eigenvalue weighted by molar-refractivity contribution is -0.152. The van der Waals surface area contributed by atoms with Crippen LogP contribution in [0, 0.1) is 13.8 Å². The number of rotatable bonds is 7. The van der Waals surface area contributed by atoms with Crippen LogP contribution in [0.5, 0.6) is 0 Å². The van der Waals surface area contributed by atoms with Gasteiger partial charge < -0.3 is 9.84 Å². The van der Waals surface area contributed by atoms with Gasteiger partial charge in [-0.05, 0) is 41.7 Å². The molecule has 0 fully saturated rings. The van der Waals surface area contributed by atoms with E-state index in [1.54, 1.807) is 4.68 Å². The van der Waals surface area contributed by atoms with Crippen LogP contribution in [0.1, 0.15) is 37.7 Å². The number of carbonyl (C=O) groups excluding carboxylic acids is 1. The van der Waals surface area contributed by atoms with Crippen LogP contribution >= 0.6 is 0 Å². The maximum absolute atomic E-state index is 11.9. The molecule has 0 aromatic carbocycles. The molecule has 120 valence electrons. The lowest BCUT2D eigenvalue weighted by Gasteiger charge is -2.24. The zero-order valence-corrected chi connectivity index (χ0v) is 13.9. The molecule has 0 bridgehead atoms. The van der Waals surface area contributed by atoms with Crippen LogP contribution in [0.3, 0.4) is 0 Å². The van der Waals surface area contributed by atoms with E-state index in [1.807, 2.05) is 46.6 Å². The van der Waals surface area contributed by atoms with Gasteiger partial charge in [-0.1, -0.05) is 0 Å².